The first-order valence-corrected chi connectivity index (χ1v) is 8.78. The Hall–Kier alpha value is -2.08. The van der Waals surface area contributed by atoms with E-state index in [1.54, 1.807) is 16.7 Å². The third kappa shape index (κ3) is 1.72. The zero-order valence-corrected chi connectivity index (χ0v) is 13.8. The summed E-state index contributed by atoms with van der Waals surface area (Å²) in [6, 6.07) is 0. The molecular weight excluding hydrogens is 276 g/mol. The number of hydrogen-bond donors (Lipinski definition) is 0. The van der Waals surface area contributed by atoms with E-state index in [2.05, 4.69) is 74.6 Å². The molecule has 4 unspecified atom stereocenters. The van der Waals surface area contributed by atoms with Crippen LogP contribution < -0.4 is 0 Å². The minimum Gasteiger partial charge on any atom is -0.0795 e. The lowest BCUT2D eigenvalue weighted by molar-refractivity contribution is 0.366. The van der Waals surface area contributed by atoms with Crippen LogP contribution in [0.2, 0.25) is 0 Å². The largest absolute Gasteiger partial charge is 0.0795 e. The molecule has 0 aliphatic heterocycles. The summed E-state index contributed by atoms with van der Waals surface area (Å²) in [6.45, 7) is 4.51. The maximum absolute atomic E-state index is 2.49. The van der Waals surface area contributed by atoms with E-state index >= 15 is 0 Å². The SMILES string of the molecule is CC(C)=C1C=CCC2=C1C1C3=CC=CC3C3=CC=CC3C1C=C2. The Bertz CT molecular complexity index is 825. The molecule has 4 atom stereocenters. The molecule has 0 aromatic rings. The summed E-state index contributed by atoms with van der Waals surface area (Å²) in [5, 5.41) is 0. The molecule has 0 saturated heterocycles. The van der Waals surface area contributed by atoms with Crippen molar-refractivity contribution in [3.8, 4) is 0 Å². The lowest BCUT2D eigenvalue weighted by Gasteiger charge is -2.45. The van der Waals surface area contributed by atoms with Crippen molar-refractivity contribution in [1.29, 1.82) is 0 Å². The molecular formula is C23H22. The Kier molecular flexibility index (Phi) is 2.74. The van der Waals surface area contributed by atoms with Crippen LogP contribution in [0, 0.1) is 23.7 Å². The summed E-state index contributed by atoms with van der Waals surface area (Å²) in [4.78, 5) is 0. The van der Waals surface area contributed by atoms with Crippen LogP contribution in [0.4, 0.5) is 0 Å². The van der Waals surface area contributed by atoms with Crippen molar-refractivity contribution in [2.45, 2.75) is 20.3 Å². The fourth-order valence-corrected chi connectivity index (χ4v) is 5.15. The third-order valence-corrected chi connectivity index (χ3v) is 6.09. The van der Waals surface area contributed by atoms with Gasteiger partial charge in [-0.2, -0.15) is 0 Å². The van der Waals surface area contributed by atoms with E-state index in [1.807, 2.05) is 0 Å². The van der Waals surface area contributed by atoms with E-state index < -0.39 is 0 Å². The molecule has 0 nitrogen and oxygen atoms in total. The normalized spacial score (nSPS) is 35.7. The molecule has 5 rings (SSSR count). The van der Waals surface area contributed by atoms with Gasteiger partial charge >= 0.3 is 0 Å². The number of allylic oxidation sites excluding steroid dienone is 16. The van der Waals surface area contributed by atoms with Crippen molar-refractivity contribution in [2.75, 3.05) is 0 Å². The maximum Gasteiger partial charge on any atom is 0.0208 e. The van der Waals surface area contributed by atoms with Gasteiger partial charge in [-0.1, -0.05) is 77.5 Å². The van der Waals surface area contributed by atoms with Gasteiger partial charge in [0.1, 0.15) is 0 Å². The van der Waals surface area contributed by atoms with Crippen molar-refractivity contribution < 1.29 is 0 Å². The van der Waals surface area contributed by atoms with E-state index in [1.165, 1.54) is 16.7 Å². The van der Waals surface area contributed by atoms with Crippen LogP contribution in [0.5, 0.6) is 0 Å². The molecule has 0 spiro atoms. The summed E-state index contributed by atoms with van der Waals surface area (Å²) in [6.07, 6.45) is 24.8. The Morgan fingerprint density at radius 3 is 2.65 bits per heavy atom. The van der Waals surface area contributed by atoms with Crippen molar-refractivity contribution in [2.24, 2.45) is 23.7 Å². The fourth-order valence-electron chi connectivity index (χ4n) is 5.15. The van der Waals surface area contributed by atoms with E-state index in [0.717, 1.165) is 6.42 Å². The molecule has 0 heterocycles. The van der Waals surface area contributed by atoms with Gasteiger partial charge in [-0.15, -0.1) is 0 Å². The molecule has 0 radical (unpaired) electrons. The molecule has 23 heavy (non-hydrogen) atoms. The fraction of sp³-hybridized carbons (Fsp3) is 0.304. The molecule has 1 fully saturated rings. The van der Waals surface area contributed by atoms with Crippen LogP contribution in [0.1, 0.15) is 20.3 Å². The first-order valence-electron chi connectivity index (χ1n) is 8.78. The topological polar surface area (TPSA) is 0 Å². The van der Waals surface area contributed by atoms with E-state index in [-0.39, 0.29) is 0 Å². The van der Waals surface area contributed by atoms with Gasteiger partial charge in [-0.05, 0) is 42.9 Å². The van der Waals surface area contributed by atoms with Crippen LogP contribution in [-0.2, 0) is 0 Å². The Labute approximate surface area is 138 Å². The van der Waals surface area contributed by atoms with Crippen molar-refractivity contribution in [1.82, 2.24) is 0 Å². The minimum atomic E-state index is 0.529. The molecule has 0 amide bonds. The zero-order chi connectivity index (χ0) is 15.6. The highest BCUT2D eigenvalue weighted by atomic mass is 14.5. The highest BCUT2D eigenvalue weighted by molar-refractivity contribution is 5.61. The lowest BCUT2D eigenvalue weighted by Crippen LogP contribution is -2.36. The number of hydrogen-bond acceptors (Lipinski definition) is 0. The highest BCUT2D eigenvalue weighted by Gasteiger charge is 2.46. The Morgan fingerprint density at radius 1 is 0.957 bits per heavy atom. The van der Waals surface area contributed by atoms with Crippen molar-refractivity contribution in [3.05, 3.63) is 94.2 Å². The minimum absolute atomic E-state index is 0.529. The Balaban J connectivity index is 1.71. The monoisotopic (exact) mass is 298 g/mol. The van der Waals surface area contributed by atoms with Gasteiger partial charge in [0.25, 0.3) is 0 Å². The lowest BCUT2D eigenvalue weighted by atomic mass is 9.58. The van der Waals surface area contributed by atoms with Crippen LogP contribution in [-0.4, -0.2) is 0 Å². The summed E-state index contributed by atoms with van der Waals surface area (Å²) < 4.78 is 0. The van der Waals surface area contributed by atoms with Gasteiger partial charge in [0.05, 0.1) is 0 Å². The molecule has 5 aliphatic rings. The van der Waals surface area contributed by atoms with Crippen molar-refractivity contribution in [3.63, 3.8) is 0 Å². The van der Waals surface area contributed by atoms with Crippen LogP contribution >= 0.6 is 0 Å². The molecule has 114 valence electrons. The van der Waals surface area contributed by atoms with Crippen molar-refractivity contribution >= 4 is 0 Å². The molecule has 0 aromatic carbocycles. The van der Waals surface area contributed by atoms with Gasteiger partial charge < -0.3 is 0 Å². The molecule has 1 saturated carbocycles. The van der Waals surface area contributed by atoms with Gasteiger partial charge in [0.2, 0.25) is 0 Å². The molecule has 0 bridgehead atoms. The maximum atomic E-state index is 2.49. The van der Waals surface area contributed by atoms with Gasteiger partial charge in [0.15, 0.2) is 0 Å². The second-order valence-electron chi connectivity index (χ2n) is 7.48. The predicted octanol–water partition coefficient (Wildman–Crippen LogP) is 5.62. The zero-order valence-electron chi connectivity index (χ0n) is 13.8. The number of rotatable bonds is 0. The van der Waals surface area contributed by atoms with E-state index in [4.69, 9.17) is 0 Å². The smallest absolute Gasteiger partial charge is 0.0208 e. The van der Waals surface area contributed by atoms with E-state index in [9.17, 15) is 0 Å². The van der Waals surface area contributed by atoms with Gasteiger partial charge in [-0.25, -0.2) is 0 Å². The number of fused-ring (bicyclic) bond motifs is 7. The summed E-state index contributed by atoms with van der Waals surface area (Å²) >= 11 is 0. The first kappa shape index (κ1) is 13.4. The molecule has 5 aliphatic carbocycles. The van der Waals surface area contributed by atoms with Crippen LogP contribution in [0.15, 0.2) is 94.2 Å². The summed E-state index contributed by atoms with van der Waals surface area (Å²) in [7, 11) is 0. The quantitative estimate of drug-likeness (QED) is 0.544. The summed E-state index contributed by atoms with van der Waals surface area (Å²) in [5.74, 6) is 2.25. The van der Waals surface area contributed by atoms with Gasteiger partial charge in [0, 0.05) is 17.8 Å². The average molecular weight is 298 g/mol. The standard InChI is InChI=1S/C23H22/c1-14(2)16-7-3-6-15-12-13-21-19-9-4-8-17(19)18-10-5-11-20(18)23(21)22(15)16/h3-5,7-13,18-19,21,23H,6H2,1-2H3. The van der Waals surface area contributed by atoms with E-state index in [0.29, 0.717) is 23.7 Å². The molecule has 0 heteroatoms. The molecule has 0 N–H and O–H groups in total. The predicted molar refractivity (Wildman–Crippen MR) is 96.7 cm³/mol. The Morgan fingerprint density at radius 2 is 1.78 bits per heavy atom. The highest BCUT2D eigenvalue weighted by Crippen LogP contribution is 2.56. The second kappa shape index (κ2) is 4.71. The summed E-state index contributed by atoms with van der Waals surface area (Å²) in [5.41, 5.74) is 9.28. The average Bonchev–Trinajstić information content (AvgIpc) is 3.22. The van der Waals surface area contributed by atoms with Gasteiger partial charge in [-0.3, -0.25) is 0 Å². The second-order valence-corrected chi connectivity index (χ2v) is 7.48. The first-order chi connectivity index (χ1) is 11.3. The van der Waals surface area contributed by atoms with Crippen LogP contribution in [0.3, 0.4) is 0 Å². The molecule has 0 aromatic heterocycles. The van der Waals surface area contributed by atoms with Crippen LogP contribution in [0.25, 0.3) is 0 Å². The third-order valence-electron chi connectivity index (χ3n) is 6.09.